The van der Waals surface area contributed by atoms with Crippen LogP contribution in [0.2, 0.25) is 0 Å². The highest BCUT2D eigenvalue weighted by atomic mass is 16.5. The van der Waals surface area contributed by atoms with Crippen LogP contribution in [0.1, 0.15) is 24.5 Å². The molecule has 0 saturated carbocycles. The molecule has 132 valence electrons. The Morgan fingerprint density at radius 3 is 2.56 bits per heavy atom. The number of nitrogens with zero attached hydrogens (tertiary/aromatic N) is 4. The van der Waals surface area contributed by atoms with Crippen molar-refractivity contribution in [2.75, 3.05) is 27.0 Å². The average Bonchev–Trinajstić information content (AvgIpc) is 3.14. The molecule has 8 heteroatoms. The second-order valence-corrected chi connectivity index (χ2v) is 5.76. The second-order valence-electron chi connectivity index (χ2n) is 5.76. The van der Waals surface area contributed by atoms with Gasteiger partial charge >= 0.3 is 0 Å². The van der Waals surface area contributed by atoms with Crippen molar-refractivity contribution in [3.63, 3.8) is 0 Å². The third kappa shape index (κ3) is 3.34. The molecule has 0 aliphatic carbocycles. The van der Waals surface area contributed by atoms with Crippen LogP contribution < -0.4 is 15.2 Å². The summed E-state index contributed by atoms with van der Waals surface area (Å²) in [4.78, 5) is 11.1. The fourth-order valence-electron chi connectivity index (χ4n) is 2.62. The van der Waals surface area contributed by atoms with Crippen molar-refractivity contribution in [2.24, 2.45) is 0 Å². The second kappa shape index (κ2) is 6.94. The van der Waals surface area contributed by atoms with E-state index in [0.717, 1.165) is 11.1 Å². The van der Waals surface area contributed by atoms with Gasteiger partial charge < -0.3 is 19.7 Å². The minimum absolute atomic E-state index is 0.0599. The van der Waals surface area contributed by atoms with Crippen LogP contribution in [0.4, 0.5) is 5.82 Å². The van der Waals surface area contributed by atoms with Crippen molar-refractivity contribution in [2.45, 2.75) is 19.5 Å². The summed E-state index contributed by atoms with van der Waals surface area (Å²) in [5.74, 6) is 2.22. The molecule has 0 aliphatic rings. The van der Waals surface area contributed by atoms with Gasteiger partial charge in [-0.2, -0.15) is 0 Å². The Labute approximate surface area is 145 Å². The number of aromatic nitrogens is 3. The Morgan fingerprint density at radius 2 is 1.92 bits per heavy atom. The van der Waals surface area contributed by atoms with Crippen molar-refractivity contribution >= 4 is 16.7 Å². The van der Waals surface area contributed by atoms with Crippen LogP contribution in [-0.2, 0) is 6.54 Å². The van der Waals surface area contributed by atoms with E-state index in [1.165, 1.54) is 0 Å². The van der Waals surface area contributed by atoms with Gasteiger partial charge in [0, 0.05) is 17.5 Å². The standard InChI is InChI=1S/C17H21N5O3/c1-10(12-5-6-25-21-12)22(2)9-16-19-13-8-15(24-4)14(23-3)7-11(13)17(18)20-16/h5-8,10H,9H2,1-4H3,(H2,18,19,20). The lowest BCUT2D eigenvalue weighted by Crippen LogP contribution is -2.23. The zero-order chi connectivity index (χ0) is 18.0. The molecule has 1 unspecified atom stereocenters. The molecule has 0 amide bonds. The predicted octanol–water partition coefficient (Wildman–Crippen LogP) is 2.41. The lowest BCUT2D eigenvalue weighted by Gasteiger charge is -2.22. The van der Waals surface area contributed by atoms with Crippen molar-refractivity contribution in [1.82, 2.24) is 20.0 Å². The molecule has 0 aliphatic heterocycles. The van der Waals surface area contributed by atoms with Gasteiger partial charge in [0.2, 0.25) is 0 Å². The first kappa shape index (κ1) is 17.0. The van der Waals surface area contributed by atoms with Crippen LogP contribution in [0, 0.1) is 0 Å². The minimum Gasteiger partial charge on any atom is -0.493 e. The zero-order valence-corrected chi connectivity index (χ0v) is 14.7. The zero-order valence-electron chi connectivity index (χ0n) is 14.7. The number of hydrogen-bond acceptors (Lipinski definition) is 8. The molecule has 0 bridgehead atoms. The number of ether oxygens (including phenoxy) is 2. The fourth-order valence-corrected chi connectivity index (χ4v) is 2.62. The van der Waals surface area contributed by atoms with Gasteiger partial charge in [-0.15, -0.1) is 0 Å². The van der Waals surface area contributed by atoms with Gasteiger partial charge in [0.15, 0.2) is 11.5 Å². The number of benzene rings is 1. The van der Waals surface area contributed by atoms with E-state index in [9.17, 15) is 0 Å². The van der Waals surface area contributed by atoms with Gasteiger partial charge in [-0.1, -0.05) is 5.16 Å². The molecule has 0 radical (unpaired) electrons. The Kier molecular flexibility index (Phi) is 4.71. The van der Waals surface area contributed by atoms with Crippen LogP contribution in [0.15, 0.2) is 29.0 Å². The first-order chi connectivity index (χ1) is 12.0. The highest BCUT2D eigenvalue weighted by molar-refractivity contribution is 5.90. The van der Waals surface area contributed by atoms with Crippen molar-refractivity contribution in [3.05, 3.63) is 36.0 Å². The van der Waals surface area contributed by atoms with Crippen molar-refractivity contribution in [1.29, 1.82) is 0 Å². The topological polar surface area (TPSA) is 99.5 Å². The monoisotopic (exact) mass is 343 g/mol. The molecule has 1 aromatic carbocycles. The number of anilines is 1. The van der Waals surface area contributed by atoms with Crippen LogP contribution >= 0.6 is 0 Å². The lowest BCUT2D eigenvalue weighted by molar-refractivity contribution is 0.235. The molecular weight excluding hydrogens is 322 g/mol. The number of nitrogen functional groups attached to an aromatic ring is 1. The Hall–Kier alpha value is -2.87. The third-order valence-corrected chi connectivity index (χ3v) is 4.21. The van der Waals surface area contributed by atoms with E-state index in [0.29, 0.717) is 35.2 Å². The normalized spacial score (nSPS) is 12.5. The SMILES string of the molecule is COc1cc2nc(CN(C)C(C)c3ccon3)nc(N)c2cc1OC. The van der Waals surface area contributed by atoms with Gasteiger partial charge in [-0.25, -0.2) is 9.97 Å². The molecule has 0 fully saturated rings. The predicted molar refractivity (Wildman–Crippen MR) is 93.4 cm³/mol. The van der Waals surface area contributed by atoms with Gasteiger partial charge in [0.1, 0.15) is 23.6 Å². The van der Waals surface area contributed by atoms with E-state index < -0.39 is 0 Å². The maximum absolute atomic E-state index is 6.13. The van der Waals surface area contributed by atoms with E-state index in [-0.39, 0.29) is 6.04 Å². The summed E-state index contributed by atoms with van der Waals surface area (Å²) in [7, 11) is 5.13. The average molecular weight is 343 g/mol. The number of nitrogens with two attached hydrogens (primary N) is 1. The van der Waals surface area contributed by atoms with Crippen molar-refractivity contribution in [3.8, 4) is 11.5 Å². The summed E-state index contributed by atoms with van der Waals surface area (Å²) in [5, 5.41) is 4.71. The summed E-state index contributed by atoms with van der Waals surface area (Å²) < 4.78 is 15.6. The molecule has 8 nitrogen and oxygen atoms in total. The van der Waals surface area contributed by atoms with E-state index in [2.05, 4.69) is 20.0 Å². The summed E-state index contributed by atoms with van der Waals surface area (Å²) in [5.41, 5.74) is 7.69. The maximum atomic E-state index is 6.13. The van der Waals surface area contributed by atoms with Crippen LogP contribution in [0.3, 0.4) is 0 Å². The molecule has 2 N–H and O–H groups in total. The third-order valence-electron chi connectivity index (χ3n) is 4.21. The molecule has 0 saturated heterocycles. The molecule has 2 heterocycles. The Bertz CT molecular complexity index is 866. The number of fused-ring (bicyclic) bond motifs is 1. The van der Waals surface area contributed by atoms with Gasteiger partial charge in [0.05, 0.1) is 32.3 Å². The molecule has 0 spiro atoms. The number of rotatable bonds is 6. The minimum atomic E-state index is 0.0599. The molecule has 3 rings (SSSR count). The first-order valence-corrected chi connectivity index (χ1v) is 7.82. The van der Waals surface area contributed by atoms with Gasteiger partial charge in [0.25, 0.3) is 0 Å². The van der Waals surface area contributed by atoms with Gasteiger partial charge in [-0.3, -0.25) is 4.90 Å². The summed E-state index contributed by atoms with van der Waals surface area (Å²) >= 11 is 0. The summed E-state index contributed by atoms with van der Waals surface area (Å²) in [6.07, 6.45) is 1.56. The first-order valence-electron chi connectivity index (χ1n) is 7.82. The lowest BCUT2D eigenvalue weighted by atomic mass is 10.2. The smallest absolute Gasteiger partial charge is 0.162 e. The molecule has 25 heavy (non-hydrogen) atoms. The molecule has 2 aromatic heterocycles. The van der Waals surface area contributed by atoms with E-state index in [1.807, 2.05) is 20.0 Å². The Morgan fingerprint density at radius 1 is 1.20 bits per heavy atom. The molecule has 1 atom stereocenters. The number of hydrogen-bond donors (Lipinski definition) is 1. The molecular formula is C17H21N5O3. The maximum Gasteiger partial charge on any atom is 0.162 e. The summed E-state index contributed by atoms with van der Waals surface area (Å²) in [6.45, 7) is 2.55. The number of methoxy groups -OCH3 is 2. The summed E-state index contributed by atoms with van der Waals surface area (Å²) in [6, 6.07) is 5.49. The highest BCUT2D eigenvalue weighted by Crippen LogP contribution is 2.33. The van der Waals surface area contributed by atoms with Crippen LogP contribution in [-0.4, -0.2) is 41.3 Å². The van der Waals surface area contributed by atoms with Crippen LogP contribution in [0.25, 0.3) is 10.9 Å². The van der Waals surface area contributed by atoms with E-state index >= 15 is 0 Å². The Balaban J connectivity index is 1.92. The largest absolute Gasteiger partial charge is 0.493 e. The van der Waals surface area contributed by atoms with Crippen LogP contribution in [0.5, 0.6) is 11.5 Å². The quantitative estimate of drug-likeness (QED) is 0.728. The van der Waals surface area contributed by atoms with E-state index in [1.54, 1.807) is 32.6 Å². The van der Waals surface area contributed by atoms with E-state index in [4.69, 9.17) is 19.7 Å². The van der Waals surface area contributed by atoms with Gasteiger partial charge in [-0.05, 0) is 20.0 Å². The molecule has 3 aromatic rings. The highest BCUT2D eigenvalue weighted by Gasteiger charge is 2.17. The van der Waals surface area contributed by atoms with Crippen molar-refractivity contribution < 1.29 is 14.0 Å². The fraction of sp³-hybridized carbons (Fsp3) is 0.353.